The van der Waals surface area contributed by atoms with Gasteiger partial charge in [-0.1, -0.05) is 351 Å². The number of aryl methyl sites for hydroxylation is 4. The SMILES string of the molecule is CCCCCCCCCCCC#[C][Pd][C]#CCCCCCCCCCCC.CCCCCCCCCCCCCCCCCCCCCCCCCCC=CC1=C(c2cc(CCCCCC)c(CCCCCC)c(CCCCCC)c2)[N+](=[N-])C(c2cc(CCCCCC)c(CCCCCC)c(CCCCCC)c2)=C1CCCC. The molecule has 2 nitrogen and oxygen atoms in total. The van der Waals surface area contributed by atoms with Crippen molar-refractivity contribution in [1.29, 1.82) is 0 Å². The summed E-state index contributed by atoms with van der Waals surface area (Å²) < 4.78 is 8.31. The molecule has 1 aliphatic rings. The van der Waals surface area contributed by atoms with Crippen molar-refractivity contribution < 1.29 is 22.7 Å². The number of rotatable bonds is 79. The van der Waals surface area contributed by atoms with E-state index < -0.39 is 0 Å². The van der Waals surface area contributed by atoms with Crippen LogP contribution in [0.5, 0.6) is 0 Å². The Kier molecular flexibility index (Phi) is 76.4. The van der Waals surface area contributed by atoms with Gasteiger partial charge in [0.1, 0.15) is 0 Å². The average molecular weight is 1650 g/mol. The number of nitrogens with zero attached hydrogens (tertiary/aromatic N) is 2. The van der Waals surface area contributed by atoms with Crippen LogP contribution in [-0.4, -0.2) is 4.70 Å². The predicted molar refractivity (Wildman–Crippen MR) is 506 cm³/mol. The van der Waals surface area contributed by atoms with Gasteiger partial charge in [-0.25, -0.2) is 4.70 Å². The topological polar surface area (TPSA) is 25.3 Å². The van der Waals surface area contributed by atoms with Crippen molar-refractivity contribution in [2.75, 3.05) is 0 Å². The molecule has 0 unspecified atom stereocenters. The van der Waals surface area contributed by atoms with Crippen LogP contribution < -0.4 is 0 Å². The normalized spacial score (nSPS) is 12.3. The van der Waals surface area contributed by atoms with E-state index in [1.807, 2.05) is 0 Å². The van der Waals surface area contributed by atoms with Gasteiger partial charge in [0.15, 0.2) is 0 Å². The molecule has 3 heteroatoms. The second-order valence-electron chi connectivity index (χ2n) is 35.5. The summed E-state index contributed by atoms with van der Waals surface area (Å²) in [6, 6.07) is 10.4. The Balaban J connectivity index is 0.00000135. The van der Waals surface area contributed by atoms with Gasteiger partial charge in [-0.2, -0.15) is 0 Å². The first kappa shape index (κ1) is 106. The van der Waals surface area contributed by atoms with Crippen molar-refractivity contribution in [3.05, 3.63) is 97.6 Å². The molecule has 0 fully saturated rings. The third-order valence-electron chi connectivity index (χ3n) is 24.8. The molecule has 0 radical (unpaired) electrons. The van der Waals surface area contributed by atoms with Gasteiger partial charge >= 0.3 is 167 Å². The second-order valence-corrected chi connectivity index (χ2v) is 36.7. The van der Waals surface area contributed by atoms with Crippen LogP contribution in [0.4, 0.5) is 0 Å². The number of hydrogen-bond acceptors (Lipinski definition) is 0. The van der Waals surface area contributed by atoms with Gasteiger partial charge in [-0.3, -0.25) is 0 Å². The molecule has 113 heavy (non-hydrogen) atoms. The molecule has 0 bridgehead atoms. The van der Waals surface area contributed by atoms with E-state index >= 15 is 0 Å². The molecule has 0 amide bonds. The van der Waals surface area contributed by atoms with Gasteiger partial charge in [-0.05, 0) is 160 Å². The Hall–Kier alpha value is -2.96. The van der Waals surface area contributed by atoms with E-state index in [-0.39, 0.29) is 0 Å². The van der Waals surface area contributed by atoms with E-state index in [1.54, 1.807) is 38.1 Å². The van der Waals surface area contributed by atoms with Crippen LogP contribution in [0.3, 0.4) is 0 Å². The smallest absolute Gasteiger partial charge is 0.493 e. The summed E-state index contributed by atoms with van der Waals surface area (Å²) in [5.41, 5.74) is 30.4. The van der Waals surface area contributed by atoms with Crippen LogP contribution in [0.15, 0.2) is 47.6 Å². The minimum Gasteiger partial charge on any atom is -0.493 e. The Bertz CT molecular complexity index is 2620. The third-order valence-corrected chi connectivity index (χ3v) is 25.7. The maximum absolute atomic E-state index is 13.5. The maximum atomic E-state index is 13.5. The number of unbranched alkanes of at least 4 members (excludes halogenated alkanes) is 61. The van der Waals surface area contributed by atoms with E-state index in [1.165, 1.54) is 459 Å². The molecule has 0 spiro atoms. The Labute approximate surface area is 717 Å². The average Bonchev–Trinajstić information content (AvgIpc) is 1.56. The monoisotopic (exact) mass is 1650 g/mol. The molecule has 1 heterocycles. The number of hydrogen-bond donors (Lipinski definition) is 0. The van der Waals surface area contributed by atoms with Crippen LogP contribution in [0.25, 0.3) is 16.9 Å². The van der Waals surface area contributed by atoms with Gasteiger partial charge in [0, 0.05) is 16.7 Å². The summed E-state index contributed by atoms with van der Waals surface area (Å²) in [6.45, 7) is 23.3. The molecule has 0 atom stereocenters. The summed E-state index contributed by atoms with van der Waals surface area (Å²) >= 11 is 0.342. The fourth-order valence-corrected chi connectivity index (χ4v) is 18.2. The van der Waals surface area contributed by atoms with Gasteiger partial charge in [-0.15, -0.1) is 0 Å². The van der Waals surface area contributed by atoms with Crippen molar-refractivity contribution >= 4 is 11.4 Å². The zero-order valence-corrected chi connectivity index (χ0v) is 79.4. The molecule has 0 saturated carbocycles. The Morgan fingerprint density at radius 1 is 0.257 bits per heavy atom. The molecule has 0 aromatic heterocycles. The predicted octanol–water partition coefficient (Wildman–Crippen LogP) is 37.9. The Morgan fingerprint density at radius 2 is 0.487 bits per heavy atom. The minimum atomic E-state index is 0.342. The Morgan fingerprint density at radius 3 is 0.761 bits per heavy atom. The van der Waals surface area contributed by atoms with Gasteiger partial charge in [0.25, 0.3) is 0 Å². The molecular formula is C110H192N2Pd. The molecule has 2 aromatic carbocycles. The van der Waals surface area contributed by atoms with Crippen LogP contribution >= 0.6 is 0 Å². The quantitative estimate of drug-likeness (QED) is 0.0273. The summed E-state index contributed by atoms with van der Waals surface area (Å²) in [4.78, 5) is 0. The van der Waals surface area contributed by atoms with E-state index in [9.17, 15) is 5.53 Å². The fraction of sp³-hybridized carbons (Fsp3) is 0.800. The van der Waals surface area contributed by atoms with Crippen LogP contribution in [0.2, 0.25) is 0 Å². The van der Waals surface area contributed by atoms with E-state index in [2.05, 4.69) is 126 Å². The number of allylic oxidation sites excluding steroid dienone is 4. The third kappa shape index (κ3) is 56.2. The number of benzene rings is 2. The molecule has 0 N–H and O–H groups in total. The molecule has 2 aromatic rings. The van der Waals surface area contributed by atoms with Crippen LogP contribution in [0, 0.1) is 20.6 Å². The minimum absolute atomic E-state index is 0.342. The van der Waals surface area contributed by atoms with E-state index in [4.69, 9.17) is 0 Å². The molecule has 0 aliphatic carbocycles. The second kappa shape index (κ2) is 81.4. The van der Waals surface area contributed by atoms with Gasteiger partial charge < -0.3 is 5.53 Å². The molecule has 1 aliphatic heterocycles. The summed E-state index contributed by atoms with van der Waals surface area (Å²) in [7, 11) is 0. The molecule has 0 saturated heterocycles. The molecule has 3 rings (SSSR count). The van der Waals surface area contributed by atoms with Crippen LogP contribution in [0.1, 0.15) is 576 Å². The van der Waals surface area contributed by atoms with Crippen molar-refractivity contribution in [3.8, 4) is 20.6 Å². The zero-order valence-electron chi connectivity index (χ0n) is 77.8. The molecule has 652 valence electrons. The summed E-state index contributed by atoms with van der Waals surface area (Å²) in [6.07, 6.45) is 109. The fourth-order valence-electron chi connectivity index (χ4n) is 17.4. The van der Waals surface area contributed by atoms with Crippen LogP contribution in [-0.2, 0) is 56.5 Å². The zero-order chi connectivity index (χ0) is 81.4. The van der Waals surface area contributed by atoms with Crippen molar-refractivity contribution in [3.63, 3.8) is 0 Å². The first-order valence-electron chi connectivity index (χ1n) is 51.3. The summed E-state index contributed by atoms with van der Waals surface area (Å²) in [5.74, 6) is 6.63. The van der Waals surface area contributed by atoms with Gasteiger partial charge in [0.05, 0.1) is 5.57 Å². The van der Waals surface area contributed by atoms with Crippen molar-refractivity contribution in [1.82, 2.24) is 0 Å². The standard InChI is InChI=1S/C84H146N2.2C13H23.Pd/c1-9-17-25-32-33-34-35-36-37-38-39-40-41-42-43-44-45-46-47-48-49-50-51-52-53-60-68-82-81(65-24-16-8)83(77-69-73(61-54-26-18-10-2)79(66-58-30-22-14-6)74(70-77)62-55-27-19-11-3)86(85)84(82)78-71-75(63-56-28-20-12-4)80(67-59-31-23-15-7)76(72-78)64-57-29-21-13-5;2*1-3-5-7-9-11-13-12-10-8-6-4-2;/h60,68-72H,9-59,61-67H2,1-8H3;2*3,5-13H2,1H3;. The van der Waals surface area contributed by atoms with Crippen molar-refractivity contribution in [2.45, 2.75) is 570 Å². The van der Waals surface area contributed by atoms with E-state index in [0.29, 0.717) is 18.0 Å². The first-order chi connectivity index (χ1) is 55.8. The summed E-state index contributed by atoms with van der Waals surface area (Å²) in [5, 5.41) is 0. The first-order valence-corrected chi connectivity index (χ1v) is 52.9. The molecular weight excluding hydrogens is 1460 g/mol. The van der Waals surface area contributed by atoms with E-state index in [0.717, 1.165) is 75.6 Å². The van der Waals surface area contributed by atoms with Gasteiger partial charge in [0.2, 0.25) is 11.4 Å². The van der Waals surface area contributed by atoms with Crippen molar-refractivity contribution in [2.24, 2.45) is 0 Å².